The van der Waals surface area contributed by atoms with Crippen molar-refractivity contribution in [1.82, 2.24) is 4.98 Å². The lowest BCUT2D eigenvalue weighted by atomic mass is 10.4. The first kappa shape index (κ1) is 12.1. The monoisotopic (exact) mass is 229 g/mol. The molecule has 3 N–H and O–H groups in total. The number of aromatic nitrogens is 1. The summed E-state index contributed by atoms with van der Waals surface area (Å²) in [6, 6.07) is 1.67. The fourth-order valence-electron chi connectivity index (χ4n) is 1.07. The molecule has 0 aliphatic rings. The Kier molecular flexibility index (Phi) is 4.65. The van der Waals surface area contributed by atoms with Gasteiger partial charge in [0.15, 0.2) is 0 Å². The average molecular weight is 230 g/mol. The highest BCUT2D eigenvalue weighted by atomic mass is 35.5. The molecule has 0 radical (unpaired) electrons. The molecule has 0 amide bonds. The van der Waals surface area contributed by atoms with E-state index in [1.807, 2.05) is 13.8 Å². The van der Waals surface area contributed by atoms with Crippen LogP contribution in [0.15, 0.2) is 12.3 Å². The lowest BCUT2D eigenvalue weighted by Gasteiger charge is -2.10. The van der Waals surface area contributed by atoms with Crippen molar-refractivity contribution < 1.29 is 4.74 Å². The Hall–Kier alpha value is -1.00. The molecule has 5 heteroatoms. The number of nitrogens with zero attached hydrogens (tertiary/aromatic N) is 1. The summed E-state index contributed by atoms with van der Waals surface area (Å²) in [6.07, 6.45) is 1.80. The molecule has 1 heterocycles. The van der Waals surface area contributed by atoms with Gasteiger partial charge in [-0.2, -0.15) is 0 Å². The van der Waals surface area contributed by atoms with Gasteiger partial charge in [0.05, 0.1) is 23.4 Å². The van der Waals surface area contributed by atoms with Crippen LogP contribution in [0.3, 0.4) is 0 Å². The highest BCUT2D eigenvalue weighted by molar-refractivity contribution is 6.30. The first-order valence-corrected chi connectivity index (χ1v) is 5.24. The Balaban J connectivity index is 2.37. The van der Waals surface area contributed by atoms with Gasteiger partial charge in [-0.05, 0) is 19.9 Å². The van der Waals surface area contributed by atoms with E-state index in [4.69, 9.17) is 22.1 Å². The zero-order valence-corrected chi connectivity index (χ0v) is 9.71. The summed E-state index contributed by atoms with van der Waals surface area (Å²) < 4.78 is 5.37. The quantitative estimate of drug-likeness (QED) is 0.760. The molecule has 0 saturated heterocycles. The number of pyridine rings is 1. The molecule has 4 nitrogen and oxygen atoms in total. The third-order valence-electron chi connectivity index (χ3n) is 1.73. The van der Waals surface area contributed by atoms with Crippen LogP contribution in [0.4, 0.5) is 11.5 Å². The van der Waals surface area contributed by atoms with Gasteiger partial charge in [-0.25, -0.2) is 4.98 Å². The summed E-state index contributed by atoms with van der Waals surface area (Å²) >= 11 is 5.72. The number of hydrogen-bond acceptors (Lipinski definition) is 4. The van der Waals surface area contributed by atoms with Crippen molar-refractivity contribution in [1.29, 1.82) is 0 Å². The normalized spacial score (nSPS) is 10.7. The average Bonchev–Trinajstić information content (AvgIpc) is 2.14. The van der Waals surface area contributed by atoms with E-state index < -0.39 is 0 Å². The topological polar surface area (TPSA) is 60.2 Å². The van der Waals surface area contributed by atoms with Gasteiger partial charge in [0.25, 0.3) is 0 Å². The van der Waals surface area contributed by atoms with Crippen molar-refractivity contribution in [2.75, 3.05) is 24.2 Å². The van der Waals surface area contributed by atoms with Gasteiger partial charge >= 0.3 is 0 Å². The lowest BCUT2D eigenvalue weighted by Crippen LogP contribution is -2.14. The first-order valence-electron chi connectivity index (χ1n) is 4.86. The van der Waals surface area contributed by atoms with E-state index in [1.54, 1.807) is 12.3 Å². The second kappa shape index (κ2) is 5.78. The minimum absolute atomic E-state index is 0.238. The van der Waals surface area contributed by atoms with Crippen LogP contribution in [0, 0.1) is 0 Å². The van der Waals surface area contributed by atoms with Gasteiger partial charge in [-0.15, -0.1) is 0 Å². The second-order valence-corrected chi connectivity index (χ2v) is 3.87. The number of nitrogens with one attached hydrogen (secondary N) is 1. The predicted octanol–water partition coefficient (Wildman–Crippen LogP) is 2.15. The Labute approximate surface area is 94.8 Å². The smallest absolute Gasteiger partial charge is 0.149 e. The molecule has 15 heavy (non-hydrogen) atoms. The number of ether oxygens (including phenoxy) is 1. The molecule has 1 rings (SSSR count). The highest BCUT2D eigenvalue weighted by Gasteiger charge is 2.00. The molecular weight excluding hydrogens is 214 g/mol. The molecule has 0 fully saturated rings. The highest BCUT2D eigenvalue weighted by Crippen LogP contribution is 2.18. The summed E-state index contributed by atoms with van der Waals surface area (Å²) in [6.45, 7) is 5.29. The third kappa shape index (κ3) is 4.36. The molecule has 0 aliphatic carbocycles. The van der Waals surface area contributed by atoms with Gasteiger partial charge < -0.3 is 15.8 Å². The number of nitrogens with two attached hydrogens (primary N) is 1. The molecular formula is C10H16ClN3O. The maximum atomic E-state index is 5.72. The number of anilines is 2. The van der Waals surface area contributed by atoms with Crippen LogP contribution in [-0.2, 0) is 4.74 Å². The minimum atomic E-state index is 0.238. The molecule has 0 aliphatic heterocycles. The zero-order chi connectivity index (χ0) is 11.3. The van der Waals surface area contributed by atoms with E-state index in [1.165, 1.54) is 0 Å². The Bertz CT molecular complexity index is 318. The number of nitrogen functional groups attached to an aromatic ring is 1. The number of hydrogen-bond donors (Lipinski definition) is 2. The number of rotatable bonds is 5. The van der Waals surface area contributed by atoms with Crippen molar-refractivity contribution in [2.24, 2.45) is 0 Å². The standard InChI is InChI=1S/C10H16ClN3O/c1-7(2)15-4-3-13-10-9(12)5-8(11)6-14-10/h5-7H,3-4,12H2,1-2H3,(H,13,14). The molecule has 0 atom stereocenters. The van der Waals surface area contributed by atoms with Gasteiger partial charge in [0.1, 0.15) is 5.82 Å². The molecule has 1 aromatic heterocycles. The lowest BCUT2D eigenvalue weighted by molar-refractivity contribution is 0.0870. The van der Waals surface area contributed by atoms with Crippen LogP contribution < -0.4 is 11.1 Å². The van der Waals surface area contributed by atoms with Crippen molar-refractivity contribution >= 4 is 23.1 Å². The summed E-state index contributed by atoms with van der Waals surface area (Å²) in [5.74, 6) is 0.645. The maximum absolute atomic E-state index is 5.72. The van der Waals surface area contributed by atoms with Crippen molar-refractivity contribution in [3.05, 3.63) is 17.3 Å². The van der Waals surface area contributed by atoms with E-state index in [0.717, 1.165) is 0 Å². The fraction of sp³-hybridized carbons (Fsp3) is 0.500. The minimum Gasteiger partial charge on any atom is -0.396 e. The van der Waals surface area contributed by atoms with Gasteiger partial charge in [-0.1, -0.05) is 11.6 Å². The third-order valence-corrected chi connectivity index (χ3v) is 1.94. The van der Waals surface area contributed by atoms with Gasteiger partial charge in [0, 0.05) is 12.7 Å². The van der Waals surface area contributed by atoms with E-state index in [-0.39, 0.29) is 6.10 Å². The number of halogens is 1. The molecule has 0 saturated carbocycles. The van der Waals surface area contributed by atoms with E-state index in [0.29, 0.717) is 29.7 Å². The Morgan fingerprint density at radius 3 is 2.93 bits per heavy atom. The summed E-state index contributed by atoms with van der Waals surface area (Å²) in [7, 11) is 0. The van der Waals surface area contributed by atoms with Crippen LogP contribution in [0.1, 0.15) is 13.8 Å². The van der Waals surface area contributed by atoms with Crippen LogP contribution in [0.25, 0.3) is 0 Å². The van der Waals surface area contributed by atoms with Crippen molar-refractivity contribution in [3.63, 3.8) is 0 Å². The largest absolute Gasteiger partial charge is 0.396 e. The summed E-state index contributed by atoms with van der Waals surface area (Å²) in [5, 5.41) is 3.61. The zero-order valence-electron chi connectivity index (χ0n) is 8.96. The molecule has 1 aromatic rings. The first-order chi connectivity index (χ1) is 7.09. The van der Waals surface area contributed by atoms with Crippen LogP contribution >= 0.6 is 11.6 Å². The van der Waals surface area contributed by atoms with Crippen molar-refractivity contribution in [2.45, 2.75) is 20.0 Å². The summed E-state index contributed by atoms with van der Waals surface area (Å²) in [4.78, 5) is 4.07. The SMILES string of the molecule is CC(C)OCCNc1ncc(Cl)cc1N. The van der Waals surface area contributed by atoms with Gasteiger partial charge in [0.2, 0.25) is 0 Å². The Morgan fingerprint density at radius 1 is 1.60 bits per heavy atom. The van der Waals surface area contributed by atoms with Crippen LogP contribution in [0.2, 0.25) is 5.02 Å². The molecule has 0 spiro atoms. The molecule has 0 aromatic carbocycles. The fourth-order valence-corrected chi connectivity index (χ4v) is 1.23. The molecule has 0 unspecified atom stereocenters. The van der Waals surface area contributed by atoms with Crippen molar-refractivity contribution in [3.8, 4) is 0 Å². The Morgan fingerprint density at radius 2 is 2.33 bits per heavy atom. The second-order valence-electron chi connectivity index (χ2n) is 3.44. The molecule has 0 bridgehead atoms. The van der Waals surface area contributed by atoms with E-state index >= 15 is 0 Å². The van der Waals surface area contributed by atoms with Gasteiger partial charge in [-0.3, -0.25) is 0 Å². The van der Waals surface area contributed by atoms with E-state index in [2.05, 4.69) is 10.3 Å². The molecule has 84 valence electrons. The van der Waals surface area contributed by atoms with Crippen LogP contribution in [-0.4, -0.2) is 24.2 Å². The van der Waals surface area contributed by atoms with E-state index in [9.17, 15) is 0 Å². The predicted molar refractivity (Wildman–Crippen MR) is 63.2 cm³/mol. The summed E-state index contributed by atoms with van der Waals surface area (Å²) in [5.41, 5.74) is 6.26. The van der Waals surface area contributed by atoms with Crippen LogP contribution in [0.5, 0.6) is 0 Å². The maximum Gasteiger partial charge on any atom is 0.149 e.